The molecule has 4 heteroatoms. The van der Waals surface area contributed by atoms with Gasteiger partial charge in [-0.15, -0.1) is 0 Å². The Morgan fingerprint density at radius 2 is 2.05 bits per heavy atom. The fraction of sp³-hybridized carbons (Fsp3) is 0.625. The summed E-state index contributed by atoms with van der Waals surface area (Å²) < 4.78 is 14.3. The van der Waals surface area contributed by atoms with Crippen LogP contribution in [0, 0.1) is 5.82 Å². The predicted octanol–water partition coefficient (Wildman–Crippen LogP) is 2.20. The summed E-state index contributed by atoms with van der Waals surface area (Å²) in [6.07, 6.45) is 2.24. The smallest absolute Gasteiger partial charge is 0.132 e. The molecule has 2 N–H and O–H groups in total. The zero-order valence-electron chi connectivity index (χ0n) is 12.6. The molecule has 1 aromatic rings. The molecule has 0 aromatic heterocycles. The third kappa shape index (κ3) is 3.57. The molecule has 1 fully saturated rings. The van der Waals surface area contributed by atoms with Gasteiger partial charge in [0.05, 0.1) is 0 Å². The molecular weight excluding hydrogens is 253 g/mol. The van der Waals surface area contributed by atoms with E-state index in [-0.39, 0.29) is 12.4 Å². The average molecular weight is 279 g/mol. The monoisotopic (exact) mass is 279 g/mol. The summed E-state index contributed by atoms with van der Waals surface area (Å²) in [7, 11) is 2.17. The molecule has 1 aliphatic heterocycles. The largest absolute Gasteiger partial charge is 0.326 e. The first-order valence-corrected chi connectivity index (χ1v) is 7.54. The molecular formula is C16H26FN3. The molecule has 1 unspecified atom stereocenters. The standard InChI is InChI=1S/C16H26FN3/c1-3-15-12-19(2)8-5-9-20(15)11-14-7-4-6-13(10-18)16(14)17/h4,6-7,15H,3,5,8-12,18H2,1-2H3. The van der Waals surface area contributed by atoms with Gasteiger partial charge in [0, 0.05) is 43.3 Å². The number of hydrogen-bond acceptors (Lipinski definition) is 3. The fourth-order valence-corrected chi connectivity index (χ4v) is 3.02. The van der Waals surface area contributed by atoms with Gasteiger partial charge in [0.15, 0.2) is 0 Å². The molecule has 1 aliphatic rings. The van der Waals surface area contributed by atoms with Crippen LogP contribution in [-0.2, 0) is 13.1 Å². The van der Waals surface area contributed by atoms with Crippen molar-refractivity contribution in [2.45, 2.75) is 38.9 Å². The third-order valence-electron chi connectivity index (χ3n) is 4.25. The molecule has 112 valence electrons. The minimum Gasteiger partial charge on any atom is -0.326 e. The predicted molar refractivity (Wildman–Crippen MR) is 80.9 cm³/mol. The van der Waals surface area contributed by atoms with Crippen molar-refractivity contribution in [3.05, 3.63) is 35.1 Å². The lowest BCUT2D eigenvalue weighted by atomic mass is 10.1. The van der Waals surface area contributed by atoms with Gasteiger partial charge < -0.3 is 10.6 Å². The second-order valence-electron chi connectivity index (χ2n) is 5.74. The molecule has 0 saturated carbocycles. The maximum Gasteiger partial charge on any atom is 0.132 e. The van der Waals surface area contributed by atoms with Gasteiger partial charge in [-0.1, -0.05) is 25.1 Å². The molecule has 0 aliphatic carbocycles. The van der Waals surface area contributed by atoms with Crippen LogP contribution in [0.5, 0.6) is 0 Å². The van der Waals surface area contributed by atoms with Crippen molar-refractivity contribution in [1.82, 2.24) is 9.80 Å². The van der Waals surface area contributed by atoms with E-state index in [9.17, 15) is 4.39 Å². The highest BCUT2D eigenvalue weighted by molar-refractivity contribution is 5.26. The second-order valence-corrected chi connectivity index (χ2v) is 5.74. The highest BCUT2D eigenvalue weighted by Crippen LogP contribution is 2.19. The van der Waals surface area contributed by atoms with E-state index >= 15 is 0 Å². The van der Waals surface area contributed by atoms with Crippen molar-refractivity contribution in [2.24, 2.45) is 5.73 Å². The molecule has 20 heavy (non-hydrogen) atoms. The molecule has 1 saturated heterocycles. The van der Waals surface area contributed by atoms with E-state index in [1.54, 1.807) is 6.07 Å². The summed E-state index contributed by atoms with van der Waals surface area (Å²) in [5, 5.41) is 0. The summed E-state index contributed by atoms with van der Waals surface area (Å²) in [5.74, 6) is -0.123. The summed E-state index contributed by atoms with van der Waals surface area (Å²) in [6, 6.07) is 6.07. The normalized spacial score (nSPS) is 21.9. The van der Waals surface area contributed by atoms with Gasteiger partial charge in [0.2, 0.25) is 0 Å². The number of nitrogens with two attached hydrogens (primary N) is 1. The van der Waals surface area contributed by atoms with Crippen LogP contribution in [0.25, 0.3) is 0 Å². The first kappa shape index (κ1) is 15.4. The average Bonchev–Trinajstić information content (AvgIpc) is 2.62. The van der Waals surface area contributed by atoms with Gasteiger partial charge in [-0.05, 0) is 26.4 Å². The summed E-state index contributed by atoms with van der Waals surface area (Å²) in [4.78, 5) is 4.79. The molecule has 0 radical (unpaired) electrons. The van der Waals surface area contributed by atoms with E-state index in [0.717, 1.165) is 38.0 Å². The molecule has 1 heterocycles. The van der Waals surface area contributed by atoms with Crippen molar-refractivity contribution < 1.29 is 4.39 Å². The Morgan fingerprint density at radius 3 is 2.75 bits per heavy atom. The van der Waals surface area contributed by atoms with E-state index < -0.39 is 0 Å². The highest BCUT2D eigenvalue weighted by atomic mass is 19.1. The van der Waals surface area contributed by atoms with E-state index in [0.29, 0.717) is 18.2 Å². The topological polar surface area (TPSA) is 32.5 Å². The van der Waals surface area contributed by atoms with E-state index in [4.69, 9.17) is 5.73 Å². The maximum atomic E-state index is 14.3. The Balaban J connectivity index is 2.15. The number of nitrogens with zero attached hydrogens (tertiary/aromatic N) is 2. The molecule has 0 bridgehead atoms. The Hall–Kier alpha value is -0.970. The van der Waals surface area contributed by atoms with Crippen LogP contribution in [0.2, 0.25) is 0 Å². The van der Waals surface area contributed by atoms with Gasteiger partial charge in [-0.2, -0.15) is 0 Å². The molecule has 1 aromatic carbocycles. The second kappa shape index (κ2) is 7.16. The summed E-state index contributed by atoms with van der Waals surface area (Å²) in [6.45, 7) is 6.39. The van der Waals surface area contributed by atoms with E-state index in [1.807, 2.05) is 12.1 Å². The van der Waals surface area contributed by atoms with E-state index in [1.165, 1.54) is 0 Å². The van der Waals surface area contributed by atoms with Crippen LogP contribution in [0.4, 0.5) is 4.39 Å². The Labute approximate surface area is 121 Å². The molecule has 0 spiro atoms. The van der Waals surface area contributed by atoms with Crippen LogP contribution >= 0.6 is 0 Å². The zero-order chi connectivity index (χ0) is 14.5. The lowest BCUT2D eigenvalue weighted by Crippen LogP contribution is -2.39. The van der Waals surface area contributed by atoms with Gasteiger partial charge in [0.1, 0.15) is 5.82 Å². The first-order valence-electron chi connectivity index (χ1n) is 7.54. The number of hydrogen-bond donors (Lipinski definition) is 1. The number of benzene rings is 1. The van der Waals surface area contributed by atoms with Crippen LogP contribution in [0.15, 0.2) is 18.2 Å². The quantitative estimate of drug-likeness (QED) is 0.917. The third-order valence-corrected chi connectivity index (χ3v) is 4.25. The van der Waals surface area contributed by atoms with Crippen molar-refractivity contribution >= 4 is 0 Å². The molecule has 0 amide bonds. The lowest BCUT2D eigenvalue weighted by Gasteiger charge is -2.30. The number of rotatable bonds is 4. The van der Waals surface area contributed by atoms with Gasteiger partial charge in [0.25, 0.3) is 0 Å². The van der Waals surface area contributed by atoms with Crippen molar-refractivity contribution in [2.75, 3.05) is 26.7 Å². The van der Waals surface area contributed by atoms with Crippen molar-refractivity contribution in [1.29, 1.82) is 0 Å². The van der Waals surface area contributed by atoms with Crippen LogP contribution in [0.1, 0.15) is 30.9 Å². The van der Waals surface area contributed by atoms with Crippen LogP contribution < -0.4 is 5.73 Å². The lowest BCUT2D eigenvalue weighted by molar-refractivity contribution is 0.174. The molecule has 3 nitrogen and oxygen atoms in total. The minimum atomic E-state index is -0.123. The van der Waals surface area contributed by atoms with Gasteiger partial charge >= 0.3 is 0 Å². The molecule has 2 rings (SSSR count). The SMILES string of the molecule is CCC1CN(C)CCCN1Cc1cccc(CN)c1F. The summed E-state index contributed by atoms with van der Waals surface area (Å²) in [5.41, 5.74) is 6.98. The number of likely N-dealkylation sites (N-methyl/N-ethyl adjacent to an activating group) is 1. The van der Waals surface area contributed by atoms with E-state index in [2.05, 4.69) is 23.8 Å². The van der Waals surface area contributed by atoms with Crippen LogP contribution in [0.3, 0.4) is 0 Å². The zero-order valence-corrected chi connectivity index (χ0v) is 12.6. The van der Waals surface area contributed by atoms with Crippen LogP contribution in [-0.4, -0.2) is 42.5 Å². The summed E-state index contributed by atoms with van der Waals surface area (Å²) >= 11 is 0. The number of halogens is 1. The van der Waals surface area contributed by atoms with Crippen molar-refractivity contribution in [3.8, 4) is 0 Å². The van der Waals surface area contributed by atoms with Gasteiger partial charge in [-0.3, -0.25) is 4.90 Å². The van der Waals surface area contributed by atoms with Crippen molar-refractivity contribution in [3.63, 3.8) is 0 Å². The Bertz CT molecular complexity index is 436. The minimum absolute atomic E-state index is 0.123. The van der Waals surface area contributed by atoms with Gasteiger partial charge in [-0.25, -0.2) is 4.39 Å². The Kier molecular flexibility index (Phi) is 5.52. The first-order chi connectivity index (χ1) is 9.65. The fourth-order valence-electron chi connectivity index (χ4n) is 3.02. The highest BCUT2D eigenvalue weighted by Gasteiger charge is 2.23. The molecule has 1 atom stereocenters. The maximum absolute atomic E-state index is 14.3. The Morgan fingerprint density at radius 1 is 1.30 bits per heavy atom.